The molecule has 3 aliphatic rings. The second kappa shape index (κ2) is 15.0. The predicted molar refractivity (Wildman–Crippen MR) is 195 cm³/mol. The van der Waals surface area contributed by atoms with Crippen LogP contribution in [0.15, 0.2) is 76.8 Å². The molecule has 0 unspecified atom stereocenters. The Kier molecular flexibility index (Phi) is 10.2. The van der Waals surface area contributed by atoms with Crippen LogP contribution >= 0.6 is 0 Å². The van der Waals surface area contributed by atoms with Crippen LogP contribution in [0.1, 0.15) is 69.8 Å². The van der Waals surface area contributed by atoms with E-state index in [9.17, 15) is 27.6 Å². The van der Waals surface area contributed by atoms with Gasteiger partial charge in [0.15, 0.2) is 17.0 Å². The fourth-order valence-corrected chi connectivity index (χ4v) is 7.48. The molecule has 15 heteroatoms. The lowest BCUT2D eigenvalue weighted by Crippen LogP contribution is -2.52. The molecule has 1 N–H and O–H groups in total. The third-order valence-electron chi connectivity index (χ3n) is 10.6. The van der Waals surface area contributed by atoms with Crippen LogP contribution in [-0.2, 0) is 24.5 Å². The summed E-state index contributed by atoms with van der Waals surface area (Å²) < 4.78 is 61.2. The number of hydrogen-bond donors (Lipinski definition) is 1. The Morgan fingerprint density at radius 1 is 1.05 bits per heavy atom. The summed E-state index contributed by atoms with van der Waals surface area (Å²) in [6.07, 6.45) is 2.65. The normalized spacial score (nSPS) is 19.9. The summed E-state index contributed by atoms with van der Waals surface area (Å²) in [5, 5.41) is 6.94. The Hall–Kier alpha value is -5.99. The first-order chi connectivity index (χ1) is 26.4. The molecule has 1 fully saturated rings. The van der Waals surface area contributed by atoms with Crippen molar-refractivity contribution in [2.75, 3.05) is 27.8 Å². The molecular weight excluding hydrogens is 719 g/mol. The average molecular weight is 760 g/mol. The Morgan fingerprint density at radius 2 is 1.80 bits per heavy atom. The van der Waals surface area contributed by atoms with Gasteiger partial charge < -0.3 is 38.7 Å². The minimum absolute atomic E-state index is 0.0501. The Bertz CT molecular complexity index is 2210. The van der Waals surface area contributed by atoms with Gasteiger partial charge in [-0.3, -0.25) is 14.4 Å². The number of carbonyl (C=O) groups is 2. The summed E-state index contributed by atoms with van der Waals surface area (Å²) in [6, 6.07) is 14.7. The van der Waals surface area contributed by atoms with E-state index in [2.05, 4.69) is 10.5 Å². The maximum atomic E-state index is 14.5. The Morgan fingerprint density at radius 3 is 2.51 bits per heavy atom. The van der Waals surface area contributed by atoms with Crippen LogP contribution in [0.3, 0.4) is 0 Å². The summed E-state index contributed by atoms with van der Waals surface area (Å²) in [5.41, 5.74) is -1.36. The zero-order valence-electron chi connectivity index (χ0n) is 30.7. The minimum atomic E-state index is -1.20. The van der Waals surface area contributed by atoms with Crippen LogP contribution in [0, 0.1) is 17.5 Å². The largest absolute Gasteiger partial charge is 0.497 e. The molecular formula is C40H40F3N5O7. The molecule has 3 aromatic carbocycles. The molecule has 12 nitrogen and oxygen atoms in total. The monoisotopic (exact) mass is 759 g/mol. The van der Waals surface area contributed by atoms with Gasteiger partial charge in [-0.05, 0) is 37.5 Å². The first-order valence-electron chi connectivity index (χ1n) is 17.8. The highest BCUT2D eigenvalue weighted by Crippen LogP contribution is 2.47. The number of nitrogens with zero attached hydrogens (tertiary/aromatic N) is 4. The summed E-state index contributed by atoms with van der Waals surface area (Å²) in [6.45, 7) is 1.77. The molecule has 55 heavy (non-hydrogen) atoms. The van der Waals surface area contributed by atoms with E-state index in [-0.39, 0.29) is 30.6 Å². The van der Waals surface area contributed by atoms with Gasteiger partial charge in [-0.1, -0.05) is 35.5 Å². The number of nitrogens with one attached hydrogen (secondary N) is 1. The number of ether oxygens (including phenoxy) is 3. The van der Waals surface area contributed by atoms with Crippen LogP contribution in [0.2, 0.25) is 0 Å². The van der Waals surface area contributed by atoms with Crippen molar-refractivity contribution < 1.29 is 41.8 Å². The predicted octanol–water partition coefficient (Wildman–Crippen LogP) is 5.58. The maximum absolute atomic E-state index is 14.5. The quantitative estimate of drug-likeness (QED) is 0.223. The molecule has 3 aliphatic heterocycles. The van der Waals surface area contributed by atoms with E-state index in [1.807, 2.05) is 37.1 Å². The maximum Gasteiger partial charge on any atom is 0.274 e. The number of amidine groups is 1. The molecule has 1 saturated heterocycles. The highest BCUT2D eigenvalue weighted by Gasteiger charge is 2.55. The zero-order chi connectivity index (χ0) is 39.0. The number of fused-ring (bicyclic) bond motifs is 5. The van der Waals surface area contributed by atoms with E-state index in [0.29, 0.717) is 60.8 Å². The number of halogens is 3. The highest BCUT2D eigenvalue weighted by atomic mass is 19.1. The minimum Gasteiger partial charge on any atom is -0.497 e. The third-order valence-corrected chi connectivity index (χ3v) is 10.6. The van der Waals surface area contributed by atoms with Crippen molar-refractivity contribution in [3.63, 3.8) is 0 Å². The van der Waals surface area contributed by atoms with Crippen molar-refractivity contribution in [2.45, 2.75) is 63.6 Å². The fourth-order valence-electron chi connectivity index (χ4n) is 7.48. The van der Waals surface area contributed by atoms with Gasteiger partial charge in [-0.2, -0.15) is 0 Å². The van der Waals surface area contributed by atoms with E-state index in [1.165, 1.54) is 6.20 Å². The first-order valence-corrected chi connectivity index (χ1v) is 17.8. The van der Waals surface area contributed by atoms with Crippen LogP contribution in [-0.4, -0.2) is 71.5 Å². The van der Waals surface area contributed by atoms with Crippen molar-refractivity contribution >= 4 is 17.6 Å². The summed E-state index contributed by atoms with van der Waals surface area (Å²) in [4.78, 5) is 52.3. The SMILES string of the molecule is COc1ccc(CN(C)C2=NO[C@@]3(CC[C@H](C)N4C[C@H]3n3cc(C(=O)NCc5c(F)cc(F)cc5F)c(=O)c(OCc5ccccc5)c3C4=O)C2)c(OC)c1. The number of oxime groups is 1. The number of methoxy groups -OCH3 is 2. The van der Waals surface area contributed by atoms with Gasteiger partial charge in [-0.15, -0.1) is 0 Å². The van der Waals surface area contributed by atoms with Gasteiger partial charge in [0.1, 0.15) is 47.0 Å². The number of hydrogen-bond acceptors (Lipinski definition) is 9. The Labute approximate surface area is 315 Å². The van der Waals surface area contributed by atoms with Crippen molar-refractivity contribution in [1.29, 1.82) is 0 Å². The smallest absolute Gasteiger partial charge is 0.274 e. The molecule has 0 radical (unpaired) electrons. The fraction of sp³-hybridized carbons (Fsp3) is 0.350. The van der Waals surface area contributed by atoms with Gasteiger partial charge in [0.25, 0.3) is 11.8 Å². The topological polar surface area (TPSA) is 124 Å². The zero-order valence-corrected chi connectivity index (χ0v) is 30.7. The molecule has 1 aromatic heterocycles. The number of carbonyl (C=O) groups excluding carboxylic acids is 2. The molecule has 1 spiro atoms. The lowest BCUT2D eigenvalue weighted by Gasteiger charge is -2.42. The van der Waals surface area contributed by atoms with Gasteiger partial charge in [-0.25, -0.2) is 13.2 Å². The van der Waals surface area contributed by atoms with Crippen LogP contribution in [0.5, 0.6) is 17.2 Å². The molecule has 288 valence electrons. The molecule has 4 heterocycles. The van der Waals surface area contributed by atoms with E-state index in [0.717, 1.165) is 5.56 Å². The van der Waals surface area contributed by atoms with Gasteiger partial charge in [0.2, 0.25) is 5.43 Å². The lowest BCUT2D eigenvalue weighted by atomic mass is 9.85. The van der Waals surface area contributed by atoms with Gasteiger partial charge in [0, 0.05) is 68.2 Å². The van der Waals surface area contributed by atoms with Gasteiger partial charge >= 0.3 is 0 Å². The highest BCUT2D eigenvalue weighted by molar-refractivity contribution is 5.99. The molecule has 3 atom stereocenters. The van der Waals surface area contributed by atoms with Gasteiger partial charge in [0.05, 0.1) is 26.7 Å². The molecule has 2 amide bonds. The van der Waals surface area contributed by atoms with Crippen LogP contribution in [0.4, 0.5) is 13.2 Å². The average Bonchev–Trinajstić information content (AvgIpc) is 3.57. The van der Waals surface area contributed by atoms with Crippen LogP contribution < -0.4 is 25.0 Å². The van der Waals surface area contributed by atoms with Crippen molar-refractivity contribution in [3.05, 3.63) is 122 Å². The van der Waals surface area contributed by atoms with E-state index in [1.54, 1.807) is 54.0 Å². The van der Waals surface area contributed by atoms with Crippen molar-refractivity contribution in [1.82, 2.24) is 19.7 Å². The number of aromatic nitrogens is 1. The summed E-state index contributed by atoms with van der Waals surface area (Å²) >= 11 is 0. The molecule has 2 bridgehead atoms. The number of pyridine rings is 1. The second-order valence-electron chi connectivity index (χ2n) is 14.0. The first kappa shape index (κ1) is 37.3. The summed E-state index contributed by atoms with van der Waals surface area (Å²) in [7, 11) is 5.05. The van der Waals surface area contributed by atoms with Crippen LogP contribution in [0.25, 0.3) is 0 Å². The number of rotatable bonds is 10. The molecule has 0 saturated carbocycles. The van der Waals surface area contributed by atoms with E-state index in [4.69, 9.17) is 19.0 Å². The van der Waals surface area contributed by atoms with E-state index < -0.39 is 64.0 Å². The number of amides is 2. The van der Waals surface area contributed by atoms with Crippen molar-refractivity contribution in [3.8, 4) is 17.2 Å². The molecule has 0 aliphatic carbocycles. The standard InChI is InChI=1S/C40H40F3N5O7/c1-23-12-13-40(17-34(45-55-40)46(2)19-25-10-11-27(52-3)16-32(25)53-4)33-21-47(23)39(51)35-37(54-22-24-8-6-5-7-9-24)36(49)29(20-48(33)35)38(50)44-18-28-30(42)14-26(41)15-31(28)43/h5-11,14-16,20,23,33H,12-13,17-19,21-22H2,1-4H3,(H,44,50)/t23-,33+,40-/m0/s1. The molecule has 7 rings (SSSR count). The molecule has 4 aromatic rings. The third kappa shape index (κ3) is 7.06. The van der Waals surface area contributed by atoms with E-state index >= 15 is 0 Å². The Balaban J connectivity index is 1.26. The second-order valence-corrected chi connectivity index (χ2v) is 14.0. The summed E-state index contributed by atoms with van der Waals surface area (Å²) in [5.74, 6) is -3.35. The lowest BCUT2D eigenvalue weighted by molar-refractivity contribution is -0.0656. The number of benzene rings is 3. The van der Waals surface area contributed by atoms with Crippen molar-refractivity contribution in [2.24, 2.45) is 5.16 Å².